The molecule has 4 aliphatic heterocycles. The molecule has 2 saturated heterocycles. The summed E-state index contributed by atoms with van der Waals surface area (Å²) in [5.41, 5.74) is 3.65. The van der Waals surface area contributed by atoms with E-state index >= 15 is 4.39 Å². The number of aryl methyl sites for hydroxylation is 1. The Hall–Kier alpha value is -3.81. The SMILES string of the molecule is CC(C)(C)OC(=O)N1CC2(CCN(c3ccc(-c4cc(F)c5c(c4)C(=O)N(C(C(=O)O)c4ncn6c4CCC6)C5)cc3)CC2)C1.[Li]. The van der Waals surface area contributed by atoms with Crippen molar-refractivity contribution < 1.29 is 28.6 Å². The van der Waals surface area contributed by atoms with Crippen LogP contribution in [0.25, 0.3) is 11.1 Å². The summed E-state index contributed by atoms with van der Waals surface area (Å²) in [6.07, 6.45) is 4.96. The molecule has 0 saturated carbocycles. The Morgan fingerprint density at radius 2 is 1.74 bits per heavy atom. The van der Waals surface area contributed by atoms with Gasteiger partial charge in [-0.3, -0.25) is 4.79 Å². The summed E-state index contributed by atoms with van der Waals surface area (Å²) >= 11 is 0. The number of carboxylic acids is 1. The number of anilines is 1. The number of piperidine rings is 1. The largest absolute Gasteiger partial charge is 0.479 e. The molecule has 0 aliphatic carbocycles. The fourth-order valence-electron chi connectivity index (χ4n) is 7.33. The number of halogens is 1. The van der Waals surface area contributed by atoms with Crippen molar-refractivity contribution in [2.45, 2.75) is 71.2 Å². The Morgan fingerprint density at radius 1 is 1.04 bits per heavy atom. The second-order valence-corrected chi connectivity index (χ2v) is 13.9. The van der Waals surface area contributed by atoms with E-state index in [1.54, 1.807) is 17.3 Å². The van der Waals surface area contributed by atoms with Crippen molar-refractivity contribution in [3.8, 4) is 11.1 Å². The number of benzene rings is 2. The van der Waals surface area contributed by atoms with Gasteiger partial charge in [-0.1, -0.05) is 12.1 Å². The molecule has 2 aromatic carbocycles. The molecule has 46 heavy (non-hydrogen) atoms. The molecule has 1 aromatic heterocycles. The molecule has 2 amide bonds. The maximum absolute atomic E-state index is 15.5. The monoisotopic (exact) mass is 622 g/mol. The van der Waals surface area contributed by atoms with Crippen LogP contribution in [0.1, 0.15) is 73.4 Å². The second-order valence-electron chi connectivity index (χ2n) is 13.9. The van der Waals surface area contributed by atoms with Crippen LogP contribution in [0.3, 0.4) is 0 Å². The van der Waals surface area contributed by atoms with Crippen LogP contribution in [0.4, 0.5) is 14.9 Å². The molecule has 0 bridgehead atoms. The molecule has 1 unspecified atom stereocenters. The third-order valence-corrected chi connectivity index (χ3v) is 9.71. The predicted octanol–water partition coefficient (Wildman–Crippen LogP) is 4.87. The number of carbonyl (C=O) groups excluding carboxylic acids is 2. The van der Waals surface area contributed by atoms with Gasteiger partial charge in [0.1, 0.15) is 11.4 Å². The third-order valence-electron chi connectivity index (χ3n) is 9.71. The van der Waals surface area contributed by atoms with Gasteiger partial charge in [-0.15, -0.1) is 0 Å². The average Bonchev–Trinajstić information content (AvgIpc) is 3.68. The van der Waals surface area contributed by atoms with Crippen LogP contribution in [0, 0.1) is 11.2 Å². The zero-order chi connectivity index (χ0) is 31.7. The molecule has 1 radical (unpaired) electrons. The van der Waals surface area contributed by atoms with Gasteiger partial charge in [0.25, 0.3) is 5.91 Å². The zero-order valence-electron chi connectivity index (χ0n) is 26.9. The van der Waals surface area contributed by atoms with Crippen LogP contribution in [0.15, 0.2) is 42.7 Å². The summed E-state index contributed by atoms with van der Waals surface area (Å²) in [5.74, 6) is -2.20. The van der Waals surface area contributed by atoms with Crippen LogP contribution in [-0.4, -0.2) is 93.1 Å². The van der Waals surface area contributed by atoms with Crippen molar-refractivity contribution in [2.24, 2.45) is 5.41 Å². The van der Waals surface area contributed by atoms with E-state index < -0.39 is 29.3 Å². The van der Waals surface area contributed by atoms with Gasteiger partial charge in [0.2, 0.25) is 0 Å². The number of aromatic nitrogens is 2. The number of hydrogen-bond donors (Lipinski definition) is 1. The molecule has 12 heteroatoms. The van der Waals surface area contributed by atoms with Crippen LogP contribution < -0.4 is 4.90 Å². The minimum Gasteiger partial charge on any atom is -0.479 e. The number of amides is 2. The first kappa shape index (κ1) is 32.1. The van der Waals surface area contributed by atoms with E-state index in [1.807, 2.05) is 49.6 Å². The summed E-state index contributed by atoms with van der Waals surface area (Å²) in [4.78, 5) is 48.0. The standard InChI is InChI=1S/C34H38FN5O5.Li/c1-33(2,3)45-32(44)39-18-34(19-39)10-13-37(14-11-34)23-8-6-21(7-9-23)22-15-24-25(26(35)16-22)17-40(30(24)41)29(31(42)43)28-27-5-4-12-38(27)20-36-28;/h6-9,15-16,20,29H,4-5,10-14,17-19H2,1-3H3,(H,42,43);. The number of likely N-dealkylation sites (tertiary alicyclic amines) is 1. The number of carbonyl (C=O) groups is 3. The van der Waals surface area contributed by atoms with Crippen molar-refractivity contribution in [1.82, 2.24) is 19.4 Å². The van der Waals surface area contributed by atoms with Crippen molar-refractivity contribution in [3.63, 3.8) is 0 Å². The Kier molecular flexibility index (Phi) is 8.22. The quantitative estimate of drug-likeness (QED) is 0.405. The minimum atomic E-state index is -1.27. The number of nitrogens with zero attached hydrogens (tertiary/aromatic N) is 5. The summed E-state index contributed by atoms with van der Waals surface area (Å²) in [6, 6.07) is 9.71. The molecule has 1 N–H and O–H groups in total. The Labute approximate surface area is 279 Å². The van der Waals surface area contributed by atoms with Crippen molar-refractivity contribution >= 4 is 42.5 Å². The Bertz CT molecular complexity index is 1680. The van der Waals surface area contributed by atoms with Crippen LogP contribution in [0.2, 0.25) is 0 Å². The van der Waals surface area contributed by atoms with Crippen LogP contribution >= 0.6 is 0 Å². The van der Waals surface area contributed by atoms with Gasteiger partial charge in [0.15, 0.2) is 6.04 Å². The number of carboxylic acid groups (broad SMARTS) is 1. The molecular weight excluding hydrogens is 584 g/mol. The number of imidazole rings is 1. The molecule has 237 valence electrons. The minimum absolute atomic E-state index is 0. The average molecular weight is 623 g/mol. The second kappa shape index (κ2) is 11.8. The fourth-order valence-corrected chi connectivity index (χ4v) is 7.33. The summed E-state index contributed by atoms with van der Waals surface area (Å²) in [7, 11) is 0. The van der Waals surface area contributed by atoms with Gasteiger partial charge in [-0.05, 0) is 81.8 Å². The topological polar surface area (TPSA) is 108 Å². The summed E-state index contributed by atoms with van der Waals surface area (Å²) in [6.45, 7) is 9.50. The number of fused-ring (bicyclic) bond motifs is 2. The van der Waals surface area contributed by atoms with Gasteiger partial charge in [-0.2, -0.15) is 0 Å². The first-order valence-corrected chi connectivity index (χ1v) is 15.6. The molecule has 1 atom stereocenters. The molecule has 2 fully saturated rings. The van der Waals surface area contributed by atoms with Crippen LogP contribution in [-0.2, 0) is 29.0 Å². The number of ether oxygens (including phenoxy) is 1. The Morgan fingerprint density at radius 3 is 2.39 bits per heavy atom. The van der Waals surface area contributed by atoms with E-state index in [-0.39, 0.29) is 48.0 Å². The van der Waals surface area contributed by atoms with Crippen molar-refractivity contribution in [3.05, 3.63) is 71.1 Å². The van der Waals surface area contributed by atoms with Crippen LogP contribution in [0.5, 0.6) is 0 Å². The smallest absolute Gasteiger partial charge is 0.410 e. The van der Waals surface area contributed by atoms with Gasteiger partial charge in [0.05, 0.1) is 18.6 Å². The molecule has 3 aromatic rings. The molecule has 1 spiro atoms. The van der Waals surface area contributed by atoms with E-state index in [2.05, 4.69) is 9.88 Å². The molecule has 10 nitrogen and oxygen atoms in total. The zero-order valence-corrected chi connectivity index (χ0v) is 26.9. The first-order chi connectivity index (χ1) is 21.4. The van der Waals surface area contributed by atoms with E-state index in [4.69, 9.17) is 4.74 Å². The molecule has 5 heterocycles. The molecule has 7 rings (SSSR count). The maximum atomic E-state index is 15.5. The van der Waals surface area contributed by atoms with E-state index in [0.717, 1.165) is 68.9 Å². The molecule has 4 aliphatic rings. The predicted molar refractivity (Wildman–Crippen MR) is 170 cm³/mol. The van der Waals surface area contributed by atoms with Crippen molar-refractivity contribution in [1.29, 1.82) is 0 Å². The van der Waals surface area contributed by atoms with E-state index in [1.165, 1.54) is 11.0 Å². The fraction of sp³-hybridized carbons (Fsp3) is 0.471. The Balaban J connectivity index is 0.00000372. The van der Waals surface area contributed by atoms with E-state index in [9.17, 15) is 19.5 Å². The normalized spacial score (nSPS) is 19.0. The summed E-state index contributed by atoms with van der Waals surface area (Å²) in [5, 5.41) is 10.1. The number of aliphatic carboxylic acids is 1. The van der Waals surface area contributed by atoms with Gasteiger partial charge >= 0.3 is 12.1 Å². The number of rotatable bonds is 5. The van der Waals surface area contributed by atoms with Crippen molar-refractivity contribution in [2.75, 3.05) is 31.1 Å². The third kappa shape index (κ3) is 5.69. The maximum Gasteiger partial charge on any atom is 0.410 e. The van der Waals surface area contributed by atoms with E-state index in [0.29, 0.717) is 17.7 Å². The van der Waals surface area contributed by atoms with Gasteiger partial charge < -0.3 is 29.1 Å². The van der Waals surface area contributed by atoms with Gasteiger partial charge in [0, 0.05) is 79.5 Å². The first-order valence-electron chi connectivity index (χ1n) is 15.6. The number of hydrogen-bond acceptors (Lipinski definition) is 6. The molecular formula is C34H38FLiN5O5. The van der Waals surface area contributed by atoms with Gasteiger partial charge in [-0.25, -0.2) is 19.0 Å². The summed E-state index contributed by atoms with van der Waals surface area (Å²) < 4.78 is 22.9.